The van der Waals surface area contributed by atoms with Crippen LogP contribution < -0.4 is 25.8 Å². The summed E-state index contributed by atoms with van der Waals surface area (Å²) < 4.78 is 76.7. The van der Waals surface area contributed by atoms with Gasteiger partial charge < -0.3 is 31.1 Å². The number of nitrogens with two attached hydrogens (primary N) is 1. The summed E-state index contributed by atoms with van der Waals surface area (Å²) in [5, 5.41) is 26.3. The number of ether oxygens (including phenoxy) is 1. The van der Waals surface area contributed by atoms with Crippen molar-refractivity contribution in [3.05, 3.63) is 113 Å². The number of aryl methyl sites for hydroxylation is 3. The summed E-state index contributed by atoms with van der Waals surface area (Å²) in [5.74, 6) is -5.21. The molecule has 3 amide bonds. The summed E-state index contributed by atoms with van der Waals surface area (Å²) in [6.45, 7) is 9.95. The second-order valence-corrected chi connectivity index (χ2v) is 22.8. The minimum Gasteiger partial charge on any atom is -0.484 e. The molecule has 4 atom stereocenters. The van der Waals surface area contributed by atoms with Crippen LogP contribution in [-0.2, 0) is 44.5 Å². The number of carbonyl (C=O) groups excluding carboxylic acids is 3. The molecule has 4 aromatic heterocycles. The molecule has 5 heterocycles. The number of aliphatic hydroxyl groups is 1. The molecule has 7 aromatic rings. The third-order valence-electron chi connectivity index (χ3n) is 13.5. The Morgan fingerprint density at radius 3 is 2.36 bits per heavy atom. The van der Waals surface area contributed by atoms with Crippen LogP contribution in [0.25, 0.3) is 43.7 Å². The van der Waals surface area contributed by atoms with Crippen LogP contribution in [-0.4, -0.2) is 96.2 Å². The van der Waals surface area contributed by atoms with Gasteiger partial charge in [0.2, 0.25) is 17.7 Å². The number of amides is 3. The number of nitrogen functional groups attached to an aromatic ring is 1. The van der Waals surface area contributed by atoms with Gasteiger partial charge in [0.1, 0.15) is 41.3 Å². The number of thiazole rings is 1. The van der Waals surface area contributed by atoms with Crippen molar-refractivity contribution in [2.24, 2.45) is 12.5 Å². The molecule has 0 bridgehead atoms. The van der Waals surface area contributed by atoms with Crippen LogP contribution in [0.2, 0.25) is 0 Å². The fraction of sp³-hybridized carbons (Fsp3) is 0.389. The second kappa shape index (κ2) is 23.5. The number of nitrogens with one attached hydrogen (secondary N) is 3. The van der Waals surface area contributed by atoms with E-state index in [1.807, 2.05) is 62.9 Å². The highest BCUT2D eigenvalue weighted by Crippen LogP contribution is 2.41. The van der Waals surface area contributed by atoms with Gasteiger partial charge in [0.25, 0.3) is 10.0 Å². The van der Waals surface area contributed by atoms with Gasteiger partial charge in [-0.1, -0.05) is 76.1 Å². The maximum absolute atomic E-state index is 14.1. The summed E-state index contributed by atoms with van der Waals surface area (Å²) in [5.41, 5.74) is 13.5. The Labute approximate surface area is 448 Å². The lowest BCUT2D eigenvalue weighted by Crippen LogP contribution is -2.57. The van der Waals surface area contributed by atoms with E-state index in [1.165, 1.54) is 47.4 Å². The number of sulfonamides is 1. The van der Waals surface area contributed by atoms with E-state index in [0.29, 0.717) is 46.3 Å². The molecular formula is C54H62F3N11O7S2. The first kappa shape index (κ1) is 55.9. The predicted octanol–water partition coefficient (Wildman–Crippen LogP) is 8.52. The zero-order valence-electron chi connectivity index (χ0n) is 43.5. The molecule has 408 valence electrons. The Kier molecular flexibility index (Phi) is 17.0. The van der Waals surface area contributed by atoms with Crippen molar-refractivity contribution in [1.29, 1.82) is 0 Å². The number of aromatic nitrogens is 6. The zero-order valence-corrected chi connectivity index (χ0v) is 45.1. The fourth-order valence-electron chi connectivity index (χ4n) is 9.34. The number of likely N-dealkylation sites (tertiary alicyclic amines) is 1. The molecule has 2 unspecified atom stereocenters. The standard InChI is InChI=1S/C54H62F3N11O7S2/c1-31-48(76-30-61-31)35-14-12-33(13-15-35)25-60-51(71)42-24-39(69)29-68(42)52(72)49(54(3,4)5)63-44(70)11-9-7-8-10-22-67-28-37(26-62-67)40-27-59-50(58)45-46(64-66(6)47(40)45)36-18-21-41(65-77(73,74)53(56)57)43(23-36)75-32(2)34-16-19-38(55)20-17-34/h12-21,23,26-28,30,32,39,42,49,53,65,69H,7-11,22,24-25,29H2,1-6H3,(H2,58,59)(H,60,71)(H,63,70)/t32?,39-,42+,49?/m1/s1. The van der Waals surface area contributed by atoms with Crippen LogP contribution in [0.3, 0.4) is 0 Å². The average Bonchev–Trinajstić information content (AvgIpc) is 4.25. The highest BCUT2D eigenvalue weighted by atomic mass is 32.2. The van der Waals surface area contributed by atoms with Crippen LogP contribution >= 0.6 is 11.3 Å². The van der Waals surface area contributed by atoms with Gasteiger partial charge >= 0.3 is 5.76 Å². The number of pyridine rings is 1. The molecule has 0 saturated carbocycles. The van der Waals surface area contributed by atoms with E-state index < -0.39 is 57.2 Å². The highest BCUT2D eigenvalue weighted by Gasteiger charge is 2.44. The molecule has 18 nitrogen and oxygen atoms in total. The molecule has 1 aliphatic heterocycles. The monoisotopic (exact) mass is 1100 g/mol. The van der Waals surface area contributed by atoms with Crippen molar-refractivity contribution in [2.75, 3.05) is 17.0 Å². The third kappa shape index (κ3) is 13.1. The van der Waals surface area contributed by atoms with Gasteiger partial charge in [-0.25, -0.2) is 22.8 Å². The van der Waals surface area contributed by atoms with Gasteiger partial charge in [0.15, 0.2) is 0 Å². The highest BCUT2D eigenvalue weighted by molar-refractivity contribution is 7.93. The van der Waals surface area contributed by atoms with E-state index in [0.717, 1.165) is 46.5 Å². The van der Waals surface area contributed by atoms with Gasteiger partial charge in [0, 0.05) is 68.6 Å². The number of hydrogen-bond acceptors (Lipinski definition) is 13. The molecule has 6 N–H and O–H groups in total. The number of hydrogen-bond donors (Lipinski definition) is 5. The quantitative estimate of drug-likeness (QED) is 0.0426. The molecule has 0 spiro atoms. The minimum atomic E-state index is -5.08. The Balaban J connectivity index is 0.856. The van der Waals surface area contributed by atoms with Gasteiger partial charge in [-0.15, -0.1) is 11.3 Å². The fourth-order valence-corrected chi connectivity index (χ4v) is 10.7. The minimum absolute atomic E-state index is 0.0212. The van der Waals surface area contributed by atoms with E-state index in [1.54, 1.807) is 52.6 Å². The number of aliphatic hydroxyl groups excluding tert-OH is 1. The molecule has 8 rings (SSSR count). The lowest BCUT2D eigenvalue weighted by Gasteiger charge is -2.35. The number of nitrogens with zero attached hydrogens (tertiary/aromatic N) is 7. The van der Waals surface area contributed by atoms with Gasteiger partial charge in [-0.05, 0) is 73.1 Å². The molecule has 1 fully saturated rings. The summed E-state index contributed by atoms with van der Waals surface area (Å²) >= 11 is 1.56. The number of halogens is 3. The number of unbranched alkanes of at least 4 members (excludes halogenated alkanes) is 3. The smallest absolute Gasteiger partial charge is 0.355 e. The number of anilines is 2. The van der Waals surface area contributed by atoms with Crippen molar-refractivity contribution >= 4 is 61.5 Å². The molecule has 3 aromatic carbocycles. The first-order chi connectivity index (χ1) is 36.6. The number of β-amino-alcohol motifs (C(OH)–C–C–N with tert-alkyl or cyclic N) is 1. The molecule has 0 radical (unpaired) electrons. The van der Waals surface area contributed by atoms with Crippen molar-refractivity contribution in [1.82, 2.24) is 45.1 Å². The maximum Gasteiger partial charge on any atom is 0.355 e. The van der Waals surface area contributed by atoms with E-state index in [2.05, 4.69) is 25.7 Å². The molecule has 77 heavy (non-hydrogen) atoms. The van der Waals surface area contributed by atoms with E-state index in [-0.39, 0.29) is 55.0 Å². The first-order valence-electron chi connectivity index (χ1n) is 25.1. The topological polar surface area (TPSA) is 242 Å². The lowest BCUT2D eigenvalue weighted by molar-refractivity contribution is -0.144. The Bertz CT molecular complexity index is 3360. The predicted molar refractivity (Wildman–Crippen MR) is 288 cm³/mol. The maximum atomic E-state index is 14.1. The van der Waals surface area contributed by atoms with Crippen LogP contribution in [0.5, 0.6) is 5.75 Å². The third-order valence-corrected chi connectivity index (χ3v) is 15.4. The van der Waals surface area contributed by atoms with Crippen LogP contribution in [0.1, 0.15) is 89.1 Å². The number of benzene rings is 3. The van der Waals surface area contributed by atoms with Crippen molar-refractivity contribution in [2.45, 2.75) is 116 Å². The van der Waals surface area contributed by atoms with Crippen LogP contribution in [0.4, 0.5) is 24.7 Å². The number of alkyl halides is 2. The van der Waals surface area contributed by atoms with Gasteiger partial charge in [0.05, 0.1) is 45.0 Å². The summed E-state index contributed by atoms with van der Waals surface area (Å²) in [6, 6.07) is 15.7. The number of carbonyl (C=O) groups is 3. The summed E-state index contributed by atoms with van der Waals surface area (Å²) in [4.78, 5) is 52.3. The van der Waals surface area contributed by atoms with Crippen LogP contribution in [0.15, 0.2) is 90.8 Å². The normalized spacial score (nSPS) is 15.7. The number of fused-ring (bicyclic) bond motifs is 1. The molecule has 23 heteroatoms. The Hall–Kier alpha value is -7.37. The van der Waals surface area contributed by atoms with Crippen LogP contribution in [0, 0.1) is 18.2 Å². The molecule has 1 aliphatic rings. The van der Waals surface area contributed by atoms with Crippen molar-refractivity contribution < 1.29 is 45.8 Å². The summed E-state index contributed by atoms with van der Waals surface area (Å²) in [7, 11) is -3.36. The summed E-state index contributed by atoms with van der Waals surface area (Å²) in [6.07, 6.45) is 6.68. The molecule has 1 saturated heterocycles. The van der Waals surface area contributed by atoms with E-state index in [9.17, 15) is 41.1 Å². The second-order valence-electron chi connectivity index (χ2n) is 20.3. The van der Waals surface area contributed by atoms with Crippen molar-refractivity contribution in [3.8, 4) is 38.6 Å². The first-order valence-corrected chi connectivity index (χ1v) is 27.6. The number of rotatable bonds is 21. The van der Waals surface area contributed by atoms with E-state index in [4.69, 9.17) is 15.6 Å². The van der Waals surface area contributed by atoms with E-state index >= 15 is 0 Å². The Morgan fingerprint density at radius 1 is 0.961 bits per heavy atom. The van der Waals surface area contributed by atoms with Gasteiger partial charge in [-0.2, -0.15) is 19.0 Å². The Morgan fingerprint density at radius 2 is 1.68 bits per heavy atom. The average molecular weight is 1100 g/mol. The van der Waals surface area contributed by atoms with Crippen molar-refractivity contribution in [3.63, 3.8) is 0 Å². The zero-order chi connectivity index (χ0) is 55.3. The van der Waals surface area contributed by atoms with Gasteiger partial charge in [-0.3, -0.25) is 28.5 Å². The molecule has 0 aliphatic carbocycles. The lowest BCUT2D eigenvalue weighted by atomic mass is 9.85. The largest absolute Gasteiger partial charge is 0.484 e. The molecular weight excluding hydrogens is 1040 g/mol. The SMILES string of the molecule is Cc1ncsc1-c1ccc(CNC(=O)[C@@H]2C[C@@H](O)CN2C(=O)C(NC(=O)CCCCCCn2cc(-c3cnc(N)c4c(-c5ccc(NS(=O)(=O)C(F)F)c(OC(C)c6ccc(F)cc6)c5)nn(C)c34)cn2)C(C)(C)C)cc1.